The standard InChI is InChI=1S/C27H22BrN3O3S2/c1-3-34-19-11-9-17(10-12-19)24-23(25(32)30-18-7-5-4-6-8-18)16(2)29-27-31(24)26(33)21(36-27)15-20-13-14-22(28)35-20/h4-15,24H,3H2,1-2H3,(H,30,32)/b21-15+/t24-/m1/s1. The Morgan fingerprint density at radius 2 is 1.86 bits per heavy atom. The molecule has 0 bridgehead atoms. The molecule has 1 atom stereocenters. The fourth-order valence-electron chi connectivity index (χ4n) is 4.10. The molecule has 0 unspecified atom stereocenters. The van der Waals surface area contributed by atoms with Crippen molar-refractivity contribution in [1.29, 1.82) is 0 Å². The van der Waals surface area contributed by atoms with Crippen LogP contribution in [0.1, 0.15) is 30.3 Å². The first-order chi connectivity index (χ1) is 17.4. The highest BCUT2D eigenvalue weighted by Gasteiger charge is 2.32. The third-order valence-electron chi connectivity index (χ3n) is 5.67. The van der Waals surface area contributed by atoms with Crippen molar-refractivity contribution >= 4 is 56.3 Å². The number of halogens is 1. The summed E-state index contributed by atoms with van der Waals surface area (Å²) in [5, 5.41) is 2.97. The minimum atomic E-state index is -0.627. The summed E-state index contributed by atoms with van der Waals surface area (Å²) in [7, 11) is 0. The number of amides is 1. The molecule has 6 nitrogen and oxygen atoms in total. The topological polar surface area (TPSA) is 72.7 Å². The predicted octanol–water partition coefficient (Wildman–Crippen LogP) is 5.10. The van der Waals surface area contributed by atoms with Crippen LogP contribution in [0.3, 0.4) is 0 Å². The highest BCUT2D eigenvalue weighted by atomic mass is 79.9. The molecule has 5 rings (SSSR count). The fourth-order valence-corrected chi connectivity index (χ4v) is 6.57. The van der Waals surface area contributed by atoms with Crippen LogP contribution < -0.4 is 24.9 Å². The Morgan fingerprint density at radius 3 is 2.53 bits per heavy atom. The second kappa shape index (κ2) is 10.4. The van der Waals surface area contributed by atoms with Gasteiger partial charge >= 0.3 is 0 Å². The molecule has 0 aliphatic carbocycles. The Labute approximate surface area is 224 Å². The van der Waals surface area contributed by atoms with E-state index in [1.165, 1.54) is 11.3 Å². The van der Waals surface area contributed by atoms with Crippen LogP contribution in [0.15, 0.2) is 91.6 Å². The monoisotopic (exact) mass is 579 g/mol. The largest absolute Gasteiger partial charge is 0.494 e. The third kappa shape index (κ3) is 4.86. The van der Waals surface area contributed by atoms with Gasteiger partial charge in [-0.3, -0.25) is 14.2 Å². The molecular weight excluding hydrogens is 558 g/mol. The van der Waals surface area contributed by atoms with E-state index in [2.05, 4.69) is 21.2 Å². The predicted molar refractivity (Wildman–Crippen MR) is 148 cm³/mol. The molecule has 0 saturated heterocycles. The summed E-state index contributed by atoms with van der Waals surface area (Å²) >= 11 is 6.35. The number of carbonyl (C=O) groups is 1. The van der Waals surface area contributed by atoms with Crippen molar-refractivity contribution in [2.75, 3.05) is 11.9 Å². The van der Waals surface area contributed by atoms with Gasteiger partial charge in [-0.05, 0) is 77.8 Å². The van der Waals surface area contributed by atoms with Crippen molar-refractivity contribution in [2.24, 2.45) is 4.99 Å². The van der Waals surface area contributed by atoms with Crippen molar-refractivity contribution in [3.8, 4) is 5.75 Å². The molecule has 1 aliphatic heterocycles. The Hall–Kier alpha value is -3.27. The molecule has 3 heterocycles. The lowest BCUT2D eigenvalue weighted by Gasteiger charge is -2.25. The molecule has 0 spiro atoms. The number of carbonyl (C=O) groups excluding carboxylic acids is 1. The van der Waals surface area contributed by atoms with E-state index in [1.54, 1.807) is 15.9 Å². The summed E-state index contributed by atoms with van der Waals surface area (Å²) in [6.45, 7) is 4.29. The third-order valence-corrected chi connectivity index (χ3v) is 8.23. The normalized spacial score (nSPS) is 15.4. The zero-order valence-corrected chi connectivity index (χ0v) is 22.7. The number of nitrogens with one attached hydrogen (secondary N) is 1. The first kappa shape index (κ1) is 24.4. The summed E-state index contributed by atoms with van der Waals surface area (Å²) in [6, 6.07) is 20.1. The minimum absolute atomic E-state index is 0.181. The van der Waals surface area contributed by atoms with Crippen molar-refractivity contribution in [2.45, 2.75) is 19.9 Å². The first-order valence-electron chi connectivity index (χ1n) is 11.3. The Bertz CT molecular complexity index is 1630. The number of para-hydroxylation sites is 1. The van der Waals surface area contributed by atoms with Gasteiger partial charge in [0.1, 0.15) is 5.75 Å². The molecule has 2 aromatic heterocycles. The molecule has 0 fully saturated rings. The van der Waals surface area contributed by atoms with E-state index in [0.29, 0.717) is 32.9 Å². The quantitative estimate of drug-likeness (QED) is 0.345. The average molecular weight is 581 g/mol. The van der Waals surface area contributed by atoms with Gasteiger partial charge in [-0.2, -0.15) is 0 Å². The van der Waals surface area contributed by atoms with Gasteiger partial charge < -0.3 is 10.1 Å². The number of ether oxygens (including phenoxy) is 1. The molecule has 1 aliphatic rings. The van der Waals surface area contributed by atoms with Gasteiger partial charge in [0.25, 0.3) is 11.5 Å². The van der Waals surface area contributed by atoms with Gasteiger partial charge in [0.05, 0.1) is 32.2 Å². The van der Waals surface area contributed by atoms with E-state index in [4.69, 9.17) is 9.73 Å². The first-order valence-corrected chi connectivity index (χ1v) is 13.7. The van der Waals surface area contributed by atoms with Gasteiger partial charge in [0, 0.05) is 10.6 Å². The molecule has 1 amide bonds. The van der Waals surface area contributed by atoms with E-state index in [1.807, 2.05) is 86.7 Å². The SMILES string of the molecule is CCOc1ccc([C@@H]2C(C(=O)Nc3ccccc3)=C(C)N=c3s/c(=C/c4ccc(Br)s4)c(=O)n32)cc1. The number of fused-ring (bicyclic) bond motifs is 1. The van der Waals surface area contributed by atoms with E-state index in [9.17, 15) is 9.59 Å². The second-order valence-corrected chi connectivity index (χ2v) is 11.5. The molecule has 4 aromatic rings. The molecule has 2 aromatic carbocycles. The number of rotatable bonds is 6. The van der Waals surface area contributed by atoms with Crippen molar-refractivity contribution < 1.29 is 9.53 Å². The van der Waals surface area contributed by atoms with Gasteiger partial charge in [-0.1, -0.05) is 41.7 Å². The maximum Gasteiger partial charge on any atom is 0.271 e. The summed E-state index contributed by atoms with van der Waals surface area (Å²) in [4.78, 5) is 33.5. The number of benzene rings is 2. The number of anilines is 1. The van der Waals surface area contributed by atoms with Gasteiger partial charge in [0.15, 0.2) is 4.80 Å². The Morgan fingerprint density at radius 1 is 1.11 bits per heavy atom. The van der Waals surface area contributed by atoms with Crippen LogP contribution in [0.2, 0.25) is 0 Å². The number of hydrogen-bond donors (Lipinski definition) is 1. The number of thiophene rings is 1. The Balaban J connectivity index is 1.66. The van der Waals surface area contributed by atoms with Crippen molar-refractivity contribution in [3.63, 3.8) is 0 Å². The molecule has 36 heavy (non-hydrogen) atoms. The lowest BCUT2D eigenvalue weighted by molar-refractivity contribution is -0.113. The fraction of sp³-hybridized carbons (Fsp3) is 0.148. The maximum absolute atomic E-state index is 13.7. The highest BCUT2D eigenvalue weighted by molar-refractivity contribution is 9.11. The van der Waals surface area contributed by atoms with Crippen LogP contribution in [0.4, 0.5) is 5.69 Å². The van der Waals surface area contributed by atoms with Crippen LogP contribution in [0.5, 0.6) is 5.75 Å². The van der Waals surface area contributed by atoms with Crippen LogP contribution >= 0.6 is 38.6 Å². The number of nitrogens with zero attached hydrogens (tertiary/aromatic N) is 2. The van der Waals surface area contributed by atoms with Gasteiger partial charge in [-0.25, -0.2) is 4.99 Å². The smallest absolute Gasteiger partial charge is 0.271 e. The maximum atomic E-state index is 13.7. The van der Waals surface area contributed by atoms with E-state index in [0.717, 1.165) is 20.0 Å². The summed E-state index contributed by atoms with van der Waals surface area (Å²) in [5.74, 6) is 0.436. The molecule has 0 saturated carbocycles. The van der Waals surface area contributed by atoms with E-state index in [-0.39, 0.29) is 11.5 Å². The van der Waals surface area contributed by atoms with Gasteiger partial charge in [0.2, 0.25) is 0 Å². The average Bonchev–Trinajstić information content (AvgIpc) is 3.41. The summed E-state index contributed by atoms with van der Waals surface area (Å²) < 4.78 is 8.79. The van der Waals surface area contributed by atoms with Crippen LogP contribution in [-0.4, -0.2) is 17.1 Å². The number of allylic oxidation sites excluding steroid dienone is 1. The summed E-state index contributed by atoms with van der Waals surface area (Å²) in [5.41, 5.74) is 2.31. The van der Waals surface area contributed by atoms with Crippen molar-refractivity contribution in [3.05, 3.63) is 112 Å². The number of thiazole rings is 1. The van der Waals surface area contributed by atoms with E-state index < -0.39 is 6.04 Å². The van der Waals surface area contributed by atoms with E-state index >= 15 is 0 Å². The number of aromatic nitrogens is 1. The lowest BCUT2D eigenvalue weighted by Crippen LogP contribution is -2.40. The second-order valence-electron chi connectivity index (χ2n) is 8.05. The zero-order chi connectivity index (χ0) is 25.2. The van der Waals surface area contributed by atoms with Crippen LogP contribution in [-0.2, 0) is 4.79 Å². The Kier molecular flexibility index (Phi) is 7.04. The molecule has 0 radical (unpaired) electrons. The van der Waals surface area contributed by atoms with Gasteiger partial charge in [-0.15, -0.1) is 11.3 Å². The minimum Gasteiger partial charge on any atom is -0.494 e. The summed E-state index contributed by atoms with van der Waals surface area (Å²) in [6.07, 6.45) is 1.87. The molecule has 1 N–H and O–H groups in total. The molecule has 9 heteroatoms. The lowest BCUT2D eigenvalue weighted by atomic mass is 9.95. The van der Waals surface area contributed by atoms with Crippen LogP contribution in [0, 0.1) is 0 Å². The zero-order valence-electron chi connectivity index (χ0n) is 19.5. The highest BCUT2D eigenvalue weighted by Crippen LogP contribution is 2.32. The molecular formula is C27H22BrN3O3S2. The van der Waals surface area contributed by atoms with Crippen LogP contribution in [0.25, 0.3) is 6.08 Å². The van der Waals surface area contributed by atoms with Crippen molar-refractivity contribution in [1.82, 2.24) is 4.57 Å². The molecule has 182 valence electrons. The number of hydrogen-bond acceptors (Lipinski definition) is 6.